The van der Waals surface area contributed by atoms with Crippen LogP contribution in [-0.4, -0.2) is 11.2 Å². The molecule has 1 heterocycles. The van der Waals surface area contributed by atoms with Crippen molar-refractivity contribution >= 4 is 23.4 Å². The average molecular weight is 304 g/mol. The lowest BCUT2D eigenvalue weighted by Gasteiger charge is -2.09. The highest BCUT2D eigenvalue weighted by atomic mass is 35.5. The fraction of sp³-hybridized carbons (Fsp3) is 0.154. The molecule has 0 amide bonds. The van der Waals surface area contributed by atoms with Crippen LogP contribution in [0, 0.1) is 0 Å². The maximum absolute atomic E-state index is 12.5. The number of rotatable bonds is 2. The molecular weight excluding hydrogens is 295 g/mol. The molecule has 2 rings (SSSR count). The Morgan fingerprint density at radius 3 is 2.37 bits per heavy atom. The predicted molar refractivity (Wildman–Crippen MR) is 71.5 cm³/mol. The molecule has 0 saturated heterocycles. The highest BCUT2D eigenvalue weighted by Gasteiger charge is 2.30. The zero-order valence-electron chi connectivity index (χ0n) is 9.83. The summed E-state index contributed by atoms with van der Waals surface area (Å²) < 4.78 is 37.6. The van der Waals surface area contributed by atoms with E-state index in [1.165, 1.54) is 17.8 Å². The van der Waals surface area contributed by atoms with Gasteiger partial charge in [0.05, 0.1) is 16.3 Å². The predicted octanol–water partition coefficient (Wildman–Crippen LogP) is 5.14. The van der Waals surface area contributed by atoms with Gasteiger partial charge >= 0.3 is 6.18 Å². The van der Waals surface area contributed by atoms with E-state index >= 15 is 0 Å². The maximum atomic E-state index is 12.5. The molecule has 0 fully saturated rings. The first-order valence-corrected chi connectivity index (χ1v) is 6.89. The summed E-state index contributed by atoms with van der Waals surface area (Å²) in [6.07, 6.45) is -0.811. The number of nitrogens with zero attached hydrogens (tertiary/aromatic N) is 1. The topological polar surface area (TPSA) is 12.9 Å². The summed E-state index contributed by atoms with van der Waals surface area (Å²) in [6, 6.07) is 6.85. The molecule has 0 aliphatic carbocycles. The molecule has 1 nitrogen and oxygen atoms in total. The van der Waals surface area contributed by atoms with Gasteiger partial charge in [0.1, 0.15) is 0 Å². The zero-order chi connectivity index (χ0) is 14.0. The Labute approximate surface area is 117 Å². The number of benzene rings is 1. The number of thioether (sulfide) groups is 1. The second-order valence-corrected chi connectivity index (χ2v) is 5.06. The molecule has 0 saturated carbocycles. The van der Waals surface area contributed by atoms with E-state index in [9.17, 15) is 13.2 Å². The quantitative estimate of drug-likeness (QED) is 0.712. The largest absolute Gasteiger partial charge is 0.416 e. The Kier molecular flexibility index (Phi) is 4.06. The monoisotopic (exact) mass is 303 g/mol. The first-order valence-electron chi connectivity index (χ1n) is 5.29. The third-order valence-corrected chi connectivity index (χ3v) is 3.57. The van der Waals surface area contributed by atoms with E-state index in [4.69, 9.17) is 11.6 Å². The van der Waals surface area contributed by atoms with Gasteiger partial charge in [-0.1, -0.05) is 17.7 Å². The Hall–Kier alpha value is -1.20. The molecule has 0 atom stereocenters. The van der Waals surface area contributed by atoms with Crippen molar-refractivity contribution in [1.29, 1.82) is 0 Å². The molecule has 0 unspecified atom stereocenters. The van der Waals surface area contributed by atoms with Crippen molar-refractivity contribution in [2.45, 2.75) is 11.1 Å². The number of pyridine rings is 1. The van der Waals surface area contributed by atoms with E-state index < -0.39 is 11.7 Å². The molecule has 0 spiro atoms. The Morgan fingerprint density at radius 2 is 1.89 bits per heavy atom. The van der Waals surface area contributed by atoms with Crippen LogP contribution in [-0.2, 0) is 6.18 Å². The van der Waals surface area contributed by atoms with Crippen molar-refractivity contribution < 1.29 is 13.2 Å². The SMILES string of the molecule is CSc1ccc(-c2ccc(C(F)(F)F)cc2Cl)nc1. The summed E-state index contributed by atoms with van der Waals surface area (Å²) in [4.78, 5) is 5.16. The zero-order valence-corrected chi connectivity index (χ0v) is 11.4. The second kappa shape index (κ2) is 5.43. The Morgan fingerprint density at radius 1 is 1.16 bits per heavy atom. The minimum absolute atomic E-state index is 0.0410. The summed E-state index contributed by atoms with van der Waals surface area (Å²) in [5.74, 6) is 0. The first kappa shape index (κ1) is 14.2. The van der Waals surface area contributed by atoms with Crippen LogP contribution in [0.1, 0.15) is 5.56 Å². The molecular formula is C13H9ClF3NS. The molecule has 0 radical (unpaired) electrons. The molecule has 1 aromatic carbocycles. The van der Waals surface area contributed by atoms with Crippen molar-refractivity contribution in [1.82, 2.24) is 4.98 Å². The van der Waals surface area contributed by atoms with Gasteiger partial charge in [-0.25, -0.2) is 0 Å². The van der Waals surface area contributed by atoms with Gasteiger partial charge in [-0.15, -0.1) is 11.8 Å². The smallest absolute Gasteiger partial charge is 0.255 e. The van der Waals surface area contributed by atoms with Crippen molar-refractivity contribution in [2.24, 2.45) is 0 Å². The summed E-state index contributed by atoms with van der Waals surface area (Å²) >= 11 is 7.44. The standard InChI is InChI=1S/C13H9ClF3NS/c1-19-9-3-5-12(18-7-9)10-4-2-8(6-11(10)14)13(15,16)17/h2-7H,1H3. The fourth-order valence-corrected chi connectivity index (χ4v) is 2.20. The molecule has 0 aliphatic heterocycles. The summed E-state index contributed by atoms with van der Waals surface area (Å²) in [6.45, 7) is 0. The molecule has 2 aromatic rings. The van der Waals surface area contributed by atoms with Crippen LogP contribution in [0.25, 0.3) is 11.3 Å². The lowest BCUT2D eigenvalue weighted by molar-refractivity contribution is -0.137. The average Bonchev–Trinajstić information content (AvgIpc) is 2.38. The van der Waals surface area contributed by atoms with Crippen LogP contribution < -0.4 is 0 Å². The number of aromatic nitrogens is 1. The molecule has 1 aromatic heterocycles. The fourth-order valence-electron chi connectivity index (χ4n) is 1.56. The lowest BCUT2D eigenvalue weighted by atomic mass is 10.1. The highest BCUT2D eigenvalue weighted by molar-refractivity contribution is 7.98. The van der Waals surface area contributed by atoms with Gasteiger partial charge in [0.2, 0.25) is 0 Å². The first-order chi connectivity index (χ1) is 8.91. The lowest BCUT2D eigenvalue weighted by Crippen LogP contribution is -2.04. The molecule has 19 heavy (non-hydrogen) atoms. The van der Waals surface area contributed by atoms with Crippen LogP contribution >= 0.6 is 23.4 Å². The van der Waals surface area contributed by atoms with Crippen LogP contribution in [0.3, 0.4) is 0 Å². The molecule has 0 bridgehead atoms. The van der Waals surface area contributed by atoms with Crippen LogP contribution in [0.5, 0.6) is 0 Å². The number of halogens is 4. The van der Waals surface area contributed by atoms with Gasteiger partial charge in [-0.3, -0.25) is 4.98 Å². The van der Waals surface area contributed by atoms with Gasteiger partial charge in [0.25, 0.3) is 0 Å². The summed E-state index contributed by atoms with van der Waals surface area (Å²) in [7, 11) is 0. The normalized spacial score (nSPS) is 11.6. The van der Waals surface area contributed by atoms with Crippen molar-refractivity contribution in [3.8, 4) is 11.3 Å². The van der Waals surface area contributed by atoms with Crippen LogP contribution in [0.15, 0.2) is 41.4 Å². The molecule has 0 N–H and O–H groups in total. The van der Waals surface area contributed by atoms with E-state index in [0.717, 1.165) is 17.0 Å². The van der Waals surface area contributed by atoms with Gasteiger partial charge < -0.3 is 0 Å². The number of hydrogen-bond acceptors (Lipinski definition) is 2. The van der Waals surface area contributed by atoms with E-state index in [1.807, 2.05) is 12.3 Å². The van der Waals surface area contributed by atoms with Crippen LogP contribution in [0.2, 0.25) is 5.02 Å². The third-order valence-electron chi connectivity index (χ3n) is 2.54. The van der Waals surface area contributed by atoms with E-state index in [0.29, 0.717) is 11.3 Å². The third kappa shape index (κ3) is 3.22. The summed E-state index contributed by atoms with van der Waals surface area (Å²) in [5, 5.41) is 0.0410. The van der Waals surface area contributed by atoms with E-state index in [-0.39, 0.29) is 5.02 Å². The maximum Gasteiger partial charge on any atom is 0.416 e. The van der Waals surface area contributed by atoms with Crippen molar-refractivity contribution in [3.05, 3.63) is 47.1 Å². The molecule has 0 aliphatic rings. The number of hydrogen-bond donors (Lipinski definition) is 0. The van der Waals surface area contributed by atoms with Crippen molar-refractivity contribution in [2.75, 3.05) is 6.26 Å². The second-order valence-electron chi connectivity index (χ2n) is 3.78. The van der Waals surface area contributed by atoms with Gasteiger partial charge in [-0.2, -0.15) is 13.2 Å². The number of alkyl halides is 3. The van der Waals surface area contributed by atoms with Crippen molar-refractivity contribution in [3.63, 3.8) is 0 Å². The van der Waals surface area contributed by atoms with Crippen LogP contribution in [0.4, 0.5) is 13.2 Å². The van der Waals surface area contributed by atoms with Gasteiger partial charge in [0, 0.05) is 16.7 Å². The Balaban J connectivity index is 2.40. The van der Waals surface area contributed by atoms with E-state index in [1.54, 1.807) is 12.3 Å². The minimum Gasteiger partial charge on any atom is -0.255 e. The minimum atomic E-state index is -4.39. The Bertz CT molecular complexity index is 581. The van der Waals surface area contributed by atoms with Gasteiger partial charge in [-0.05, 0) is 30.5 Å². The van der Waals surface area contributed by atoms with E-state index in [2.05, 4.69) is 4.98 Å². The molecule has 100 valence electrons. The molecule has 6 heteroatoms. The summed E-state index contributed by atoms with van der Waals surface area (Å²) in [5.41, 5.74) is 0.279. The van der Waals surface area contributed by atoms with Gasteiger partial charge in [0.15, 0.2) is 0 Å². The highest BCUT2D eigenvalue weighted by Crippen LogP contribution is 2.35.